The summed E-state index contributed by atoms with van der Waals surface area (Å²) >= 11 is 1.45. The largest absolute Gasteiger partial charge is 0.452 e. The monoisotopic (exact) mass is 542 g/mol. The molecular formula is C29H30N6O3S. The minimum Gasteiger partial charge on any atom is -0.452 e. The molecule has 2 saturated heterocycles. The highest BCUT2D eigenvalue weighted by molar-refractivity contribution is 7.13. The smallest absolute Gasteiger partial charge is 0.410 e. The molecule has 2 unspecified atom stereocenters. The summed E-state index contributed by atoms with van der Waals surface area (Å²) in [5.41, 5.74) is 9.18. The van der Waals surface area contributed by atoms with Crippen molar-refractivity contribution in [2.75, 3.05) is 5.73 Å². The molecule has 7 rings (SSSR count). The maximum absolute atomic E-state index is 12.9. The van der Waals surface area contributed by atoms with Gasteiger partial charge in [0.1, 0.15) is 11.4 Å². The normalized spacial score (nSPS) is 21.2. The predicted molar refractivity (Wildman–Crippen MR) is 151 cm³/mol. The van der Waals surface area contributed by atoms with Crippen LogP contribution in [0.5, 0.6) is 0 Å². The Kier molecular flexibility index (Phi) is 5.45. The van der Waals surface area contributed by atoms with Crippen LogP contribution in [0.3, 0.4) is 0 Å². The molecule has 10 heteroatoms. The molecule has 2 aliphatic rings. The van der Waals surface area contributed by atoms with Gasteiger partial charge < -0.3 is 19.8 Å². The molecule has 1 amide bonds. The zero-order valence-corrected chi connectivity index (χ0v) is 22.9. The van der Waals surface area contributed by atoms with E-state index in [9.17, 15) is 4.79 Å². The highest BCUT2D eigenvalue weighted by atomic mass is 32.1. The Balaban J connectivity index is 1.18. The fourth-order valence-electron chi connectivity index (χ4n) is 6.15. The van der Waals surface area contributed by atoms with Crippen LogP contribution in [0.15, 0.2) is 53.5 Å². The van der Waals surface area contributed by atoms with Crippen LogP contribution in [0.2, 0.25) is 0 Å². The Labute approximate surface area is 229 Å². The first kappa shape index (κ1) is 24.1. The Morgan fingerprint density at radius 2 is 1.90 bits per heavy atom. The van der Waals surface area contributed by atoms with Crippen LogP contribution < -0.4 is 5.73 Å². The van der Waals surface area contributed by atoms with Crippen molar-refractivity contribution < 1.29 is 13.9 Å². The third-order valence-corrected chi connectivity index (χ3v) is 8.68. The number of piperidine rings is 1. The number of hydrogen-bond acceptors (Lipinski definition) is 8. The Morgan fingerprint density at radius 3 is 2.67 bits per heavy atom. The lowest BCUT2D eigenvalue weighted by Crippen LogP contribution is -2.48. The number of furan rings is 1. The highest BCUT2D eigenvalue weighted by Gasteiger charge is 2.45. The number of carbonyl (C=O) groups excluding carboxylic acids is 1. The van der Waals surface area contributed by atoms with Crippen molar-refractivity contribution >= 4 is 44.5 Å². The molecule has 5 aromatic rings. The number of nitrogens with two attached hydrogens (primary N) is 1. The van der Waals surface area contributed by atoms with Gasteiger partial charge in [-0.25, -0.2) is 9.78 Å². The summed E-state index contributed by atoms with van der Waals surface area (Å²) in [4.78, 5) is 19.3. The van der Waals surface area contributed by atoms with E-state index in [4.69, 9.17) is 20.0 Å². The van der Waals surface area contributed by atoms with Crippen molar-refractivity contribution in [1.29, 1.82) is 0 Å². The van der Waals surface area contributed by atoms with Gasteiger partial charge in [0.25, 0.3) is 0 Å². The first-order valence-corrected chi connectivity index (χ1v) is 14.1. The molecule has 39 heavy (non-hydrogen) atoms. The van der Waals surface area contributed by atoms with E-state index in [-0.39, 0.29) is 24.2 Å². The zero-order chi connectivity index (χ0) is 26.9. The predicted octanol–water partition coefficient (Wildman–Crippen LogP) is 6.65. The van der Waals surface area contributed by atoms with Crippen LogP contribution >= 0.6 is 11.5 Å². The number of ether oxygens (including phenoxy) is 1. The number of fused-ring (bicyclic) bond motifs is 4. The minimum absolute atomic E-state index is 0.173. The molecule has 9 nitrogen and oxygen atoms in total. The molecule has 1 aromatic carbocycles. The fraction of sp³-hybridized carbons (Fsp3) is 0.379. The molecule has 2 bridgehead atoms. The van der Waals surface area contributed by atoms with Crippen molar-refractivity contribution in [3.63, 3.8) is 0 Å². The van der Waals surface area contributed by atoms with Crippen LogP contribution in [-0.2, 0) is 4.74 Å². The van der Waals surface area contributed by atoms with Crippen molar-refractivity contribution in [3.8, 4) is 22.5 Å². The number of amides is 1. The maximum Gasteiger partial charge on any atom is 0.410 e. The van der Waals surface area contributed by atoms with Gasteiger partial charge in [0.05, 0.1) is 16.9 Å². The number of nitrogen functional groups attached to an aromatic ring is 1. The molecular weight excluding hydrogens is 512 g/mol. The lowest BCUT2D eigenvalue weighted by atomic mass is 9.98. The molecule has 0 radical (unpaired) electrons. The van der Waals surface area contributed by atoms with E-state index in [2.05, 4.69) is 15.6 Å². The van der Waals surface area contributed by atoms with Gasteiger partial charge >= 0.3 is 6.09 Å². The van der Waals surface area contributed by atoms with E-state index in [1.54, 1.807) is 6.20 Å². The second-order valence-corrected chi connectivity index (χ2v) is 12.4. The average molecular weight is 543 g/mol. The quantitative estimate of drug-likeness (QED) is 0.271. The van der Waals surface area contributed by atoms with Gasteiger partial charge in [-0.2, -0.15) is 9.47 Å². The second-order valence-electron chi connectivity index (χ2n) is 11.6. The van der Waals surface area contributed by atoms with Gasteiger partial charge in [-0.3, -0.25) is 4.68 Å². The number of anilines is 1. The van der Waals surface area contributed by atoms with Gasteiger partial charge in [-0.05, 0) is 70.1 Å². The standard InChI is InChI=1S/C29H30N6O3S/c1-29(2,3)38-28(36)35-18-7-8-19(35)10-20(9-18)34-15-17(12-32-34)23-14-31-27(30)25-22(23)11-24(37-25)21-6-4-5-16-13-33-39-26(16)21/h4-6,11-15,18-20H,7-10H2,1-3H3,(H2,30,31). The van der Waals surface area contributed by atoms with Crippen LogP contribution in [0.25, 0.3) is 43.5 Å². The van der Waals surface area contributed by atoms with E-state index in [1.165, 1.54) is 11.5 Å². The Morgan fingerprint density at radius 1 is 1.10 bits per heavy atom. The van der Waals surface area contributed by atoms with Gasteiger partial charge in [0.15, 0.2) is 11.4 Å². The summed E-state index contributed by atoms with van der Waals surface area (Å²) in [6, 6.07) is 8.69. The number of pyridine rings is 1. The minimum atomic E-state index is -0.497. The third-order valence-electron chi connectivity index (χ3n) is 7.83. The topological polar surface area (TPSA) is 112 Å². The molecule has 200 valence electrons. The van der Waals surface area contributed by atoms with Crippen LogP contribution in [-0.4, -0.2) is 47.8 Å². The summed E-state index contributed by atoms with van der Waals surface area (Å²) < 4.78 is 19.4. The summed E-state index contributed by atoms with van der Waals surface area (Å²) in [5, 5.41) is 6.74. The van der Waals surface area contributed by atoms with Gasteiger partial charge in [-0.1, -0.05) is 12.1 Å². The molecule has 0 saturated carbocycles. The summed E-state index contributed by atoms with van der Waals surface area (Å²) in [6.45, 7) is 5.74. The second kappa shape index (κ2) is 8.81. The number of nitrogens with zero attached hydrogens (tertiary/aromatic N) is 5. The molecule has 6 heterocycles. The van der Waals surface area contributed by atoms with E-state index in [0.717, 1.165) is 63.6 Å². The summed E-state index contributed by atoms with van der Waals surface area (Å²) in [7, 11) is 0. The van der Waals surface area contributed by atoms with Crippen LogP contribution in [0.4, 0.5) is 10.6 Å². The van der Waals surface area contributed by atoms with Crippen molar-refractivity contribution in [1.82, 2.24) is 24.0 Å². The van der Waals surface area contributed by atoms with Crippen molar-refractivity contribution in [2.24, 2.45) is 0 Å². The van der Waals surface area contributed by atoms with Crippen LogP contribution in [0.1, 0.15) is 52.5 Å². The molecule has 4 aromatic heterocycles. The van der Waals surface area contributed by atoms with Crippen LogP contribution in [0, 0.1) is 0 Å². The van der Waals surface area contributed by atoms with Gasteiger partial charge in [0, 0.05) is 58.1 Å². The lowest BCUT2D eigenvalue weighted by molar-refractivity contribution is 0.00232. The molecule has 2 fully saturated rings. The van der Waals surface area contributed by atoms with Gasteiger partial charge in [-0.15, -0.1) is 0 Å². The Hall–Kier alpha value is -3.92. The summed E-state index contributed by atoms with van der Waals surface area (Å²) in [6.07, 6.45) is 11.1. The molecule has 2 atom stereocenters. The lowest BCUT2D eigenvalue weighted by Gasteiger charge is -2.39. The fourth-order valence-corrected chi connectivity index (χ4v) is 6.91. The van der Waals surface area contributed by atoms with E-state index in [0.29, 0.717) is 11.4 Å². The SMILES string of the molecule is CC(C)(C)OC(=O)N1C2CCC1CC(n1cc(-c3cnc(N)c4oc(-c5cccc6cnsc56)cc34)cn1)C2. The maximum atomic E-state index is 12.9. The van der Waals surface area contributed by atoms with Crippen molar-refractivity contribution in [3.05, 3.63) is 49.1 Å². The van der Waals surface area contributed by atoms with E-state index in [1.807, 2.05) is 67.0 Å². The van der Waals surface area contributed by atoms with E-state index >= 15 is 0 Å². The Bertz CT molecular complexity index is 1700. The molecule has 0 aliphatic carbocycles. The summed E-state index contributed by atoms with van der Waals surface area (Å²) in [5.74, 6) is 1.09. The molecule has 2 aliphatic heterocycles. The molecule has 0 spiro atoms. The van der Waals surface area contributed by atoms with E-state index < -0.39 is 5.60 Å². The number of benzene rings is 1. The van der Waals surface area contributed by atoms with Crippen molar-refractivity contribution in [2.45, 2.75) is 70.2 Å². The third kappa shape index (κ3) is 4.14. The molecule has 2 N–H and O–H groups in total. The average Bonchev–Trinajstić information content (AvgIpc) is 3.68. The number of rotatable bonds is 3. The highest BCUT2D eigenvalue weighted by Crippen LogP contribution is 2.43. The number of carbonyl (C=O) groups is 1. The first-order valence-electron chi connectivity index (χ1n) is 13.3. The number of hydrogen-bond donors (Lipinski definition) is 1. The van der Waals surface area contributed by atoms with Gasteiger partial charge in [0.2, 0.25) is 0 Å². The first-order chi connectivity index (χ1) is 18.7. The zero-order valence-electron chi connectivity index (χ0n) is 22.1. The number of aromatic nitrogens is 4.